The summed E-state index contributed by atoms with van der Waals surface area (Å²) in [6.45, 7) is 1.91. The lowest BCUT2D eigenvalue weighted by Crippen LogP contribution is -2.10. The van der Waals surface area contributed by atoms with E-state index in [9.17, 15) is 0 Å². The quantitative estimate of drug-likeness (QED) is 0.603. The molecule has 98 valence electrons. The van der Waals surface area contributed by atoms with Crippen molar-refractivity contribution in [2.75, 3.05) is 0 Å². The fourth-order valence-electron chi connectivity index (χ4n) is 2.30. The summed E-state index contributed by atoms with van der Waals surface area (Å²) < 4.78 is 6.85. The van der Waals surface area contributed by atoms with Crippen LogP contribution in [0.4, 0.5) is 0 Å². The summed E-state index contributed by atoms with van der Waals surface area (Å²) in [5.74, 6) is 2.20. The number of fused-ring (bicyclic) bond motifs is 1. The fraction of sp³-hybridized carbons (Fsp3) is 0.357. The molecule has 0 aliphatic heterocycles. The van der Waals surface area contributed by atoms with E-state index >= 15 is 0 Å². The molecule has 0 fully saturated rings. The first-order valence-electron chi connectivity index (χ1n) is 6.38. The van der Waals surface area contributed by atoms with E-state index in [1.807, 2.05) is 19.1 Å². The molecule has 1 aliphatic rings. The number of rotatable bonds is 2. The Balaban J connectivity index is 1.95. The zero-order valence-corrected chi connectivity index (χ0v) is 12.8. The Hall–Kier alpha value is -1.24. The number of aromatic nitrogens is 3. The maximum Gasteiger partial charge on any atom is 0.226 e. The van der Waals surface area contributed by atoms with E-state index in [4.69, 9.17) is 4.74 Å². The molecule has 19 heavy (non-hydrogen) atoms. The molecule has 0 aromatic carbocycles. The van der Waals surface area contributed by atoms with Gasteiger partial charge in [0.15, 0.2) is 0 Å². The number of pyridine rings is 1. The molecule has 0 amide bonds. The van der Waals surface area contributed by atoms with Crippen molar-refractivity contribution in [3.63, 3.8) is 0 Å². The molecule has 2 aromatic heterocycles. The number of ether oxygens (including phenoxy) is 1. The Kier molecular flexibility index (Phi) is 3.63. The fourth-order valence-corrected chi connectivity index (χ4v) is 2.62. The minimum atomic E-state index is 0.699. The van der Waals surface area contributed by atoms with Gasteiger partial charge in [-0.3, -0.25) is 0 Å². The van der Waals surface area contributed by atoms with Crippen LogP contribution in [0, 0.1) is 10.6 Å². The van der Waals surface area contributed by atoms with Gasteiger partial charge in [0.25, 0.3) is 0 Å². The molecule has 1 aliphatic carbocycles. The molecule has 0 saturated carbocycles. The van der Waals surface area contributed by atoms with Crippen LogP contribution in [0.5, 0.6) is 11.6 Å². The Labute approximate surface area is 125 Å². The summed E-state index contributed by atoms with van der Waals surface area (Å²) in [6.07, 6.45) is 6.14. The summed E-state index contributed by atoms with van der Waals surface area (Å²) in [6, 6.07) is 3.85. The Morgan fingerprint density at radius 1 is 1.16 bits per heavy atom. The predicted molar refractivity (Wildman–Crippen MR) is 80.4 cm³/mol. The van der Waals surface area contributed by atoms with E-state index in [1.54, 1.807) is 6.20 Å². The molecule has 5 heteroatoms. The van der Waals surface area contributed by atoms with Gasteiger partial charge < -0.3 is 4.74 Å². The van der Waals surface area contributed by atoms with Gasteiger partial charge in [-0.25, -0.2) is 9.97 Å². The summed E-state index contributed by atoms with van der Waals surface area (Å²) in [4.78, 5) is 13.2. The van der Waals surface area contributed by atoms with Gasteiger partial charge in [0.05, 0.1) is 11.9 Å². The van der Waals surface area contributed by atoms with E-state index in [0.717, 1.165) is 39.4 Å². The third kappa shape index (κ3) is 2.86. The smallest absolute Gasteiger partial charge is 0.226 e. The molecule has 0 saturated heterocycles. The lowest BCUT2D eigenvalue weighted by molar-refractivity contribution is 0.443. The van der Waals surface area contributed by atoms with E-state index < -0.39 is 0 Å². The summed E-state index contributed by atoms with van der Waals surface area (Å²) in [5.41, 5.74) is 2.31. The number of hydrogen-bond acceptors (Lipinski definition) is 4. The van der Waals surface area contributed by atoms with Crippen molar-refractivity contribution in [1.82, 2.24) is 15.0 Å². The molecule has 3 rings (SSSR count). The Morgan fingerprint density at radius 2 is 2.00 bits per heavy atom. The second kappa shape index (κ2) is 5.40. The van der Waals surface area contributed by atoms with E-state index in [-0.39, 0.29) is 0 Å². The Morgan fingerprint density at radius 3 is 2.79 bits per heavy atom. The zero-order chi connectivity index (χ0) is 13.2. The van der Waals surface area contributed by atoms with Gasteiger partial charge in [-0.1, -0.05) is 0 Å². The van der Waals surface area contributed by atoms with Crippen LogP contribution in [-0.2, 0) is 12.8 Å². The lowest BCUT2D eigenvalue weighted by Gasteiger charge is -2.18. The molecule has 0 bridgehead atoms. The minimum Gasteiger partial charge on any atom is -0.437 e. The maximum absolute atomic E-state index is 5.90. The summed E-state index contributed by atoms with van der Waals surface area (Å²) >= 11 is 2.18. The van der Waals surface area contributed by atoms with Crippen LogP contribution in [0.1, 0.15) is 29.9 Å². The largest absolute Gasteiger partial charge is 0.437 e. The van der Waals surface area contributed by atoms with Crippen molar-refractivity contribution in [3.05, 3.63) is 39.1 Å². The second-order valence-corrected chi connectivity index (χ2v) is 5.73. The molecule has 0 atom stereocenters. The molecular weight excluding hydrogens is 353 g/mol. The standard InChI is InChI=1S/C14H14IN3O/c1-9-17-12-5-3-2-4-11(12)14(18-9)19-10-6-7-13(15)16-8-10/h6-8H,2-5H2,1H3. The monoisotopic (exact) mass is 367 g/mol. The van der Waals surface area contributed by atoms with Crippen LogP contribution < -0.4 is 4.74 Å². The third-order valence-electron chi connectivity index (χ3n) is 3.17. The third-order valence-corrected chi connectivity index (χ3v) is 3.81. The molecule has 2 heterocycles. The van der Waals surface area contributed by atoms with E-state index in [2.05, 4.69) is 37.5 Å². The maximum atomic E-state index is 5.90. The number of hydrogen-bond donors (Lipinski definition) is 0. The molecular formula is C14H14IN3O. The van der Waals surface area contributed by atoms with Gasteiger partial charge >= 0.3 is 0 Å². The normalized spacial score (nSPS) is 14.0. The second-order valence-electron chi connectivity index (χ2n) is 4.63. The van der Waals surface area contributed by atoms with Crippen molar-refractivity contribution in [3.8, 4) is 11.6 Å². The van der Waals surface area contributed by atoms with Gasteiger partial charge in [-0.15, -0.1) is 0 Å². The van der Waals surface area contributed by atoms with Gasteiger partial charge in [-0.05, 0) is 67.3 Å². The highest BCUT2D eigenvalue weighted by atomic mass is 127. The summed E-state index contributed by atoms with van der Waals surface area (Å²) in [7, 11) is 0. The van der Waals surface area contributed by atoms with Crippen LogP contribution >= 0.6 is 22.6 Å². The van der Waals surface area contributed by atoms with Gasteiger partial charge in [0, 0.05) is 5.56 Å². The highest BCUT2D eigenvalue weighted by Gasteiger charge is 2.18. The number of aryl methyl sites for hydroxylation is 2. The van der Waals surface area contributed by atoms with Gasteiger partial charge in [-0.2, -0.15) is 4.98 Å². The highest BCUT2D eigenvalue weighted by Crippen LogP contribution is 2.30. The highest BCUT2D eigenvalue weighted by molar-refractivity contribution is 14.1. The average molecular weight is 367 g/mol. The van der Waals surface area contributed by atoms with Crippen molar-refractivity contribution < 1.29 is 4.74 Å². The molecule has 4 nitrogen and oxygen atoms in total. The molecule has 0 spiro atoms. The van der Waals surface area contributed by atoms with Crippen LogP contribution in [0.15, 0.2) is 18.3 Å². The first kappa shape index (κ1) is 12.8. The van der Waals surface area contributed by atoms with Crippen LogP contribution in [0.25, 0.3) is 0 Å². The number of nitrogens with zero attached hydrogens (tertiary/aromatic N) is 3. The SMILES string of the molecule is Cc1nc2c(c(Oc3ccc(I)nc3)n1)CCCC2. The van der Waals surface area contributed by atoms with Crippen LogP contribution in [0.2, 0.25) is 0 Å². The van der Waals surface area contributed by atoms with Crippen molar-refractivity contribution in [2.45, 2.75) is 32.6 Å². The Bertz CT molecular complexity index is 598. The summed E-state index contributed by atoms with van der Waals surface area (Å²) in [5, 5.41) is 0. The zero-order valence-electron chi connectivity index (χ0n) is 10.7. The first-order valence-corrected chi connectivity index (χ1v) is 7.46. The molecule has 0 radical (unpaired) electrons. The van der Waals surface area contributed by atoms with E-state index in [0.29, 0.717) is 5.88 Å². The lowest BCUT2D eigenvalue weighted by atomic mass is 9.97. The van der Waals surface area contributed by atoms with Crippen molar-refractivity contribution >= 4 is 22.6 Å². The van der Waals surface area contributed by atoms with Crippen molar-refractivity contribution in [1.29, 1.82) is 0 Å². The van der Waals surface area contributed by atoms with Gasteiger partial charge in [0.1, 0.15) is 15.3 Å². The molecule has 2 aromatic rings. The molecule has 0 N–H and O–H groups in total. The van der Waals surface area contributed by atoms with Gasteiger partial charge in [0.2, 0.25) is 5.88 Å². The molecule has 0 unspecified atom stereocenters. The van der Waals surface area contributed by atoms with Crippen molar-refractivity contribution in [2.24, 2.45) is 0 Å². The first-order chi connectivity index (χ1) is 9.22. The van der Waals surface area contributed by atoms with E-state index in [1.165, 1.54) is 12.8 Å². The average Bonchev–Trinajstić information content (AvgIpc) is 2.41. The van der Waals surface area contributed by atoms with Crippen LogP contribution in [-0.4, -0.2) is 15.0 Å². The topological polar surface area (TPSA) is 47.9 Å². The minimum absolute atomic E-state index is 0.699. The predicted octanol–water partition coefficient (Wildman–Crippen LogP) is 3.46. The number of halogens is 1. The van der Waals surface area contributed by atoms with Crippen LogP contribution in [0.3, 0.4) is 0 Å².